The van der Waals surface area contributed by atoms with Gasteiger partial charge in [-0.3, -0.25) is 4.79 Å². The molecule has 1 fully saturated rings. The maximum atomic E-state index is 12.5. The van der Waals surface area contributed by atoms with Gasteiger partial charge in [0, 0.05) is 28.1 Å². The Bertz CT molecular complexity index is 1000. The zero-order valence-corrected chi connectivity index (χ0v) is 14.3. The quantitative estimate of drug-likeness (QED) is 0.715. The molecule has 2 aliphatic carbocycles. The standard InChI is InChI=1S/C20H16ClN3O/c21-14-4-6-15(7-5-14)22-20(25)13-3-8-16-17(10-13)24-19-12-2-1-11(9-12)18(19)23-16/h3-8,10-12H,1-2,9H2,(H,22,25). The fourth-order valence-electron chi connectivity index (χ4n) is 4.04. The molecule has 0 saturated heterocycles. The molecule has 1 saturated carbocycles. The number of carbonyl (C=O) groups is 1. The topological polar surface area (TPSA) is 54.9 Å². The average Bonchev–Trinajstić information content (AvgIpc) is 3.23. The summed E-state index contributed by atoms with van der Waals surface area (Å²) in [5.41, 5.74) is 5.30. The second-order valence-corrected chi connectivity index (χ2v) is 7.30. The lowest BCUT2D eigenvalue weighted by molar-refractivity contribution is 0.102. The number of rotatable bonds is 2. The van der Waals surface area contributed by atoms with Crippen LogP contribution in [0.1, 0.15) is 52.8 Å². The van der Waals surface area contributed by atoms with Gasteiger partial charge in [-0.25, -0.2) is 9.97 Å². The molecule has 4 nitrogen and oxygen atoms in total. The third kappa shape index (κ3) is 2.48. The molecule has 2 atom stereocenters. The lowest BCUT2D eigenvalue weighted by atomic mass is 10.00. The molecule has 0 aliphatic heterocycles. The molecule has 1 aromatic heterocycles. The summed E-state index contributed by atoms with van der Waals surface area (Å²) in [7, 11) is 0. The van der Waals surface area contributed by atoms with Crippen molar-refractivity contribution in [3.05, 3.63) is 64.4 Å². The van der Waals surface area contributed by atoms with Crippen LogP contribution in [0, 0.1) is 0 Å². The second-order valence-electron chi connectivity index (χ2n) is 6.87. The van der Waals surface area contributed by atoms with Gasteiger partial charge in [-0.1, -0.05) is 11.6 Å². The number of fused-ring (bicyclic) bond motifs is 6. The van der Waals surface area contributed by atoms with Crippen LogP contribution in [0.15, 0.2) is 42.5 Å². The zero-order chi connectivity index (χ0) is 17.0. The van der Waals surface area contributed by atoms with Gasteiger partial charge in [0.05, 0.1) is 22.4 Å². The molecule has 25 heavy (non-hydrogen) atoms. The van der Waals surface area contributed by atoms with E-state index >= 15 is 0 Å². The Kier molecular flexibility index (Phi) is 3.28. The van der Waals surface area contributed by atoms with Gasteiger partial charge >= 0.3 is 0 Å². The number of nitrogens with zero attached hydrogens (tertiary/aromatic N) is 2. The van der Waals surface area contributed by atoms with E-state index in [-0.39, 0.29) is 5.91 Å². The van der Waals surface area contributed by atoms with E-state index in [1.807, 2.05) is 18.2 Å². The third-order valence-electron chi connectivity index (χ3n) is 5.29. The predicted octanol–water partition coefficient (Wildman–Crippen LogP) is 4.90. The highest BCUT2D eigenvalue weighted by Crippen LogP contribution is 2.51. The van der Waals surface area contributed by atoms with Crippen LogP contribution in [0.25, 0.3) is 11.0 Å². The maximum Gasteiger partial charge on any atom is 0.255 e. The summed E-state index contributed by atoms with van der Waals surface area (Å²) in [6, 6.07) is 12.6. The second kappa shape index (κ2) is 5.53. The summed E-state index contributed by atoms with van der Waals surface area (Å²) in [4.78, 5) is 22.2. The van der Waals surface area contributed by atoms with Crippen molar-refractivity contribution in [1.29, 1.82) is 0 Å². The zero-order valence-electron chi connectivity index (χ0n) is 13.5. The smallest absolute Gasteiger partial charge is 0.255 e. The van der Waals surface area contributed by atoms with E-state index in [2.05, 4.69) is 5.32 Å². The number of halogens is 1. The number of aromatic nitrogens is 2. The largest absolute Gasteiger partial charge is 0.322 e. The van der Waals surface area contributed by atoms with Crippen molar-refractivity contribution in [2.75, 3.05) is 5.32 Å². The first kappa shape index (κ1) is 14.8. The van der Waals surface area contributed by atoms with E-state index in [9.17, 15) is 4.79 Å². The van der Waals surface area contributed by atoms with Crippen molar-refractivity contribution in [1.82, 2.24) is 9.97 Å². The molecular formula is C20H16ClN3O. The lowest BCUT2D eigenvalue weighted by Gasteiger charge is -2.14. The summed E-state index contributed by atoms with van der Waals surface area (Å²) >= 11 is 5.88. The van der Waals surface area contributed by atoms with Gasteiger partial charge in [-0.2, -0.15) is 0 Å². The first-order valence-corrected chi connectivity index (χ1v) is 8.94. The van der Waals surface area contributed by atoms with Crippen LogP contribution in [-0.2, 0) is 0 Å². The fraction of sp³-hybridized carbons (Fsp3) is 0.250. The van der Waals surface area contributed by atoms with Crippen molar-refractivity contribution in [3.8, 4) is 0 Å². The highest BCUT2D eigenvalue weighted by molar-refractivity contribution is 6.30. The molecule has 2 aliphatic rings. The van der Waals surface area contributed by atoms with Crippen LogP contribution < -0.4 is 5.32 Å². The molecule has 1 amide bonds. The normalized spacial score (nSPS) is 20.7. The molecular weight excluding hydrogens is 334 g/mol. The number of benzene rings is 2. The van der Waals surface area contributed by atoms with Crippen LogP contribution >= 0.6 is 11.6 Å². The Labute approximate surface area is 150 Å². The van der Waals surface area contributed by atoms with Crippen molar-refractivity contribution < 1.29 is 4.79 Å². The van der Waals surface area contributed by atoms with Gasteiger partial charge in [-0.05, 0) is 61.7 Å². The predicted molar refractivity (Wildman–Crippen MR) is 98.3 cm³/mol. The maximum absolute atomic E-state index is 12.5. The molecule has 0 spiro atoms. The molecule has 0 radical (unpaired) electrons. The molecule has 1 N–H and O–H groups in total. The number of hydrogen-bond donors (Lipinski definition) is 1. The minimum Gasteiger partial charge on any atom is -0.322 e. The minimum atomic E-state index is -0.159. The lowest BCUT2D eigenvalue weighted by Crippen LogP contribution is -2.12. The van der Waals surface area contributed by atoms with E-state index in [1.54, 1.807) is 24.3 Å². The van der Waals surface area contributed by atoms with E-state index in [0.717, 1.165) is 16.7 Å². The van der Waals surface area contributed by atoms with E-state index < -0.39 is 0 Å². The van der Waals surface area contributed by atoms with Crippen molar-refractivity contribution in [3.63, 3.8) is 0 Å². The molecule has 3 aromatic rings. The van der Waals surface area contributed by atoms with Gasteiger partial charge in [0.2, 0.25) is 0 Å². The number of hydrogen-bond acceptors (Lipinski definition) is 3. The van der Waals surface area contributed by atoms with Crippen molar-refractivity contribution >= 4 is 34.2 Å². The van der Waals surface area contributed by atoms with Gasteiger partial charge in [0.1, 0.15) is 0 Å². The number of amides is 1. The summed E-state index contributed by atoms with van der Waals surface area (Å²) < 4.78 is 0. The summed E-state index contributed by atoms with van der Waals surface area (Å²) in [6.45, 7) is 0. The fourth-order valence-corrected chi connectivity index (χ4v) is 4.16. The van der Waals surface area contributed by atoms with Crippen LogP contribution in [-0.4, -0.2) is 15.9 Å². The van der Waals surface area contributed by atoms with Gasteiger partial charge in [0.15, 0.2) is 0 Å². The molecule has 1 heterocycles. The monoisotopic (exact) mass is 349 g/mol. The summed E-state index contributed by atoms with van der Waals surface area (Å²) in [5, 5.41) is 3.52. The first-order chi connectivity index (χ1) is 12.2. The summed E-state index contributed by atoms with van der Waals surface area (Å²) in [6.07, 6.45) is 3.64. The molecule has 2 aromatic carbocycles. The first-order valence-electron chi connectivity index (χ1n) is 8.56. The van der Waals surface area contributed by atoms with E-state index in [4.69, 9.17) is 21.6 Å². The summed E-state index contributed by atoms with van der Waals surface area (Å²) in [5.74, 6) is 0.987. The van der Waals surface area contributed by atoms with Crippen LogP contribution in [0.5, 0.6) is 0 Å². The highest BCUT2D eigenvalue weighted by atomic mass is 35.5. The van der Waals surface area contributed by atoms with Crippen molar-refractivity contribution in [2.24, 2.45) is 0 Å². The van der Waals surface area contributed by atoms with Crippen LogP contribution in [0.2, 0.25) is 5.02 Å². The molecule has 5 rings (SSSR count). The van der Waals surface area contributed by atoms with Gasteiger partial charge in [0.25, 0.3) is 5.91 Å². The Balaban J connectivity index is 1.48. The number of carbonyl (C=O) groups excluding carboxylic acids is 1. The SMILES string of the molecule is O=C(Nc1ccc(Cl)cc1)c1ccc2nc3c(nc2c1)C1CCC3C1. The van der Waals surface area contributed by atoms with Gasteiger partial charge in [-0.15, -0.1) is 0 Å². The van der Waals surface area contributed by atoms with Crippen molar-refractivity contribution in [2.45, 2.75) is 31.1 Å². The average molecular weight is 350 g/mol. The number of nitrogens with one attached hydrogen (secondary N) is 1. The van der Waals surface area contributed by atoms with E-state index in [1.165, 1.54) is 25.0 Å². The van der Waals surface area contributed by atoms with Crippen LogP contribution in [0.4, 0.5) is 5.69 Å². The molecule has 124 valence electrons. The van der Waals surface area contributed by atoms with Crippen LogP contribution in [0.3, 0.4) is 0 Å². The van der Waals surface area contributed by atoms with E-state index in [0.29, 0.717) is 28.1 Å². The Morgan fingerprint density at radius 2 is 1.64 bits per heavy atom. The molecule has 5 heteroatoms. The Morgan fingerprint density at radius 3 is 2.36 bits per heavy atom. The number of anilines is 1. The molecule has 2 unspecified atom stereocenters. The minimum absolute atomic E-state index is 0.159. The van der Waals surface area contributed by atoms with Gasteiger partial charge < -0.3 is 5.32 Å². The molecule has 2 bridgehead atoms. The Morgan fingerprint density at radius 1 is 0.960 bits per heavy atom. The Hall–Kier alpha value is -2.46. The third-order valence-corrected chi connectivity index (χ3v) is 5.54. The highest BCUT2D eigenvalue weighted by Gasteiger charge is 2.39.